The van der Waals surface area contributed by atoms with Crippen molar-refractivity contribution in [2.45, 2.75) is 74.9 Å². The molecule has 0 saturated heterocycles. The van der Waals surface area contributed by atoms with Gasteiger partial charge in [-0.25, -0.2) is 8.78 Å². The summed E-state index contributed by atoms with van der Waals surface area (Å²) in [5.41, 5.74) is 0. The SMILES string of the molecule is CC(O)(OC(F)C(F)(F)F)OC(F)(F)C(F)(F)C(F)(F)C(F)(F)OC(C)(O)OC(F)C(F)(F)F. The predicted octanol–water partition coefficient (Wildman–Crippen LogP) is 4.56. The quantitative estimate of drug-likeness (QED) is 0.289. The van der Waals surface area contributed by atoms with E-state index in [-0.39, 0.29) is 0 Å². The van der Waals surface area contributed by atoms with E-state index in [0.717, 1.165) is 0 Å². The molecular formula is C12H10F16O6. The van der Waals surface area contributed by atoms with Crippen molar-refractivity contribution in [1.29, 1.82) is 0 Å². The molecule has 0 aromatic heterocycles. The van der Waals surface area contributed by atoms with Gasteiger partial charge in [-0.1, -0.05) is 0 Å². The monoisotopic (exact) mass is 554 g/mol. The molecule has 0 heterocycles. The number of ether oxygens (including phenoxy) is 4. The summed E-state index contributed by atoms with van der Waals surface area (Å²) in [4.78, 5) is 0. The highest BCUT2D eigenvalue weighted by Gasteiger charge is 2.84. The first-order valence-electron chi connectivity index (χ1n) is 7.55. The van der Waals surface area contributed by atoms with Gasteiger partial charge in [0.25, 0.3) is 24.7 Å². The fourth-order valence-electron chi connectivity index (χ4n) is 1.54. The van der Waals surface area contributed by atoms with Crippen molar-refractivity contribution in [2.75, 3.05) is 0 Å². The van der Waals surface area contributed by atoms with Crippen LogP contribution in [-0.2, 0) is 18.9 Å². The zero-order valence-corrected chi connectivity index (χ0v) is 15.7. The van der Waals surface area contributed by atoms with E-state index in [1.807, 2.05) is 0 Å². The van der Waals surface area contributed by atoms with Gasteiger partial charge in [-0.3, -0.25) is 18.9 Å². The van der Waals surface area contributed by atoms with E-state index in [9.17, 15) is 70.2 Å². The van der Waals surface area contributed by atoms with Gasteiger partial charge in [0.1, 0.15) is 0 Å². The molecule has 22 heteroatoms. The Morgan fingerprint density at radius 1 is 0.500 bits per heavy atom. The molecule has 206 valence electrons. The smallest absolute Gasteiger partial charge is 0.343 e. The summed E-state index contributed by atoms with van der Waals surface area (Å²) in [5.74, 6) is -25.1. The van der Waals surface area contributed by atoms with Crippen LogP contribution in [0, 0.1) is 0 Å². The number of alkyl halides is 16. The van der Waals surface area contributed by atoms with E-state index < -0.39 is 74.9 Å². The molecule has 0 amide bonds. The van der Waals surface area contributed by atoms with E-state index in [1.54, 1.807) is 0 Å². The van der Waals surface area contributed by atoms with Gasteiger partial charge < -0.3 is 10.2 Å². The van der Waals surface area contributed by atoms with E-state index in [0.29, 0.717) is 0 Å². The van der Waals surface area contributed by atoms with Crippen LogP contribution < -0.4 is 0 Å². The van der Waals surface area contributed by atoms with E-state index in [4.69, 9.17) is 10.2 Å². The van der Waals surface area contributed by atoms with Crippen LogP contribution in [0.25, 0.3) is 0 Å². The lowest BCUT2D eigenvalue weighted by Crippen LogP contribution is -2.66. The van der Waals surface area contributed by atoms with Gasteiger partial charge in [0.05, 0.1) is 0 Å². The predicted molar refractivity (Wildman–Crippen MR) is 67.3 cm³/mol. The largest absolute Gasteiger partial charge is 0.445 e. The second-order valence-electron chi connectivity index (χ2n) is 6.13. The summed E-state index contributed by atoms with van der Waals surface area (Å²) in [6, 6.07) is 0. The molecule has 6 nitrogen and oxygen atoms in total. The summed E-state index contributed by atoms with van der Waals surface area (Å²) in [7, 11) is 0. The van der Waals surface area contributed by atoms with Crippen molar-refractivity contribution in [3.63, 3.8) is 0 Å². The average Bonchev–Trinajstić information content (AvgIpc) is 2.48. The lowest BCUT2D eigenvalue weighted by Gasteiger charge is -2.39. The first-order valence-corrected chi connectivity index (χ1v) is 7.55. The standard InChI is InChI=1S/C12H10F16O6/c1-5(29,31-3(13)7(15,16)17)33-11(25,26)9(21,22)10(23,24)12(27,28)34-6(2,30)32-4(14)8(18,19)20/h3-4,29-30H,1-2H3. The molecule has 0 fully saturated rings. The van der Waals surface area contributed by atoms with E-state index >= 15 is 0 Å². The lowest BCUT2D eigenvalue weighted by molar-refractivity contribution is -0.545. The van der Waals surface area contributed by atoms with Crippen LogP contribution in [0.5, 0.6) is 0 Å². The first-order chi connectivity index (χ1) is 14.4. The molecule has 34 heavy (non-hydrogen) atoms. The van der Waals surface area contributed by atoms with Gasteiger partial charge in [0, 0.05) is 13.8 Å². The Morgan fingerprint density at radius 2 is 0.706 bits per heavy atom. The molecule has 4 unspecified atom stereocenters. The number of hydrogen-bond acceptors (Lipinski definition) is 6. The van der Waals surface area contributed by atoms with Gasteiger partial charge in [-0.15, -0.1) is 0 Å². The van der Waals surface area contributed by atoms with Crippen molar-refractivity contribution in [1.82, 2.24) is 0 Å². The molecule has 0 rings (SSSR count). The van der Waals surface area contributed by atoms with Crippen molar-refractivity contribution < 1.29 is 99.4 Å². The Kier molecular flexibility index (Phi) is 8.89. The Labute approximate surface area is 175 Å². The number of halogens is 16. The highest BCUT2D eigenvalue weighted by Crippen LogP contribution is 2.55. The fraction of sp³-hybridized carbons (Fsp3) is 1.00. The molecule has 0 aromatic carbocycles. The molecular weight excluding hydrogens is 544 g/mol. The summed E-state index contributed by atoms with van der Waals surface area (Å²) < 4.78 is 215. The first kappa shape index (κ1) is 32.6. The van der Waals surface area contributed by atoms with Gasteiger partial charge in [0.15, 0.2) is 0 Å². The van der Waals surface area contributed by atoms with Gasteiger partial charge in [-0.05, 0) is 0 Å². The fourth-order valence-corrected chi connectivity index (χ4v) is 1.54. The minimum absolute atomic E-state index is 0.598. The molecule has 0 aliphatic heterocycles. The molecule has 0 spiro atoms. The summed E-state index contributed by atoms with van der Waals surface area (Å²) in [6.07, 6.45) is -36.2. The Bertz CT molecular complexity index is 629. The lowest BCUT2D eigenvalue weighted by atomic mass is 10.1. The van der Waals surface area contributed by atoms with Gasteiger partial charge in [0.2, 0.25) is 0 Å². The molecule has 0 saturated carbocycles. The third-order valence-electron chi connectivity index (χ3n) is 2.92. The molecule has 0 bridgehead atoms. The highest BCUT2D eigenvalue weighted by atomic mass is 19.4. The minimum Gasteiger partial charge on any atom is -0.343 e. The molecule has 0 aromatic rings. The second-order valence-corrected chi connectivity index (χ2v) is 6.13. The van der Waals surface area contributed by atoms with Crippen LogP contribution >= 0.6 is 0 Å². The van der Waals surface area contributed by atoms with Crippen LogP contribution in [0.1, 0.15) is 13.8 Å². The summed E-state index contributed by atoms with van der Waals surface area (Å²) in [5, 5.41) is 17.8. The highest BCUT2D eigenvalue weighted by molar-refractivity contribution is 4.98. The maximum Gasteiger partial charge on any atom is 0.445 e. The number of hydrogen-bond donors (Lipinski definition) is 2. The summed E-state index contributed by atoms with van der Waals surface area (Å²) >= 11 is 0. The maximum absolute atomic E-state index is 13.6. The number of rotatable bonds is 11. The van der Waals surface area contributed by atoms with Crippen molar-refractivity contribution in [3.05, 3.63) is 0 Å². The van der Waals surface area contributed by atoms with E-state index in [2.05, 4.69) is 18.9 Å². The van der Waals surface area contributed by atoms with Gasteiger partial charge in [-0.2, -0.15) is 61.5 Å². The summed E-state index contributed by atoms with van der Waals surface area (Å²) in [6.45, 7) is -1.20. The third kappa shape index (κ3) is 7.57. The average molecular weight is 554 g/mol. The zero-order chi connectivity index (χ0) is 28.0. The second kappa shape index (κ2) is 9.26. The normalized spacial score (nSPS) is 20.5. The van der Waals surface area contributed by atoms with Crippen molar-refractivity contribution in [2.24, 2.45) is 0 Å². The Hall–Kier alpha value is -1.36. The topological polar surface area (TPSA) is 77.4 Å². The Morgan fingerprint density at radius 3 is 0.882 bits per heavy atom. The zero-order valence-electron chi connectivity index (χ0n) is 15.7. The molecule has 0 radical (unpaired) electrons. The number of aliphatic hydroxyl groups is 2. The van der Waals surface area contributed by atoms with Crippen LogP contribution in [0.15, 0.2) is 0 Å². The molecule has 0 aliphatic rings. The van der Waals surface area contributed by atoms with Crippen LogP contribution in [0.3, 0.4) is 0 Å². The van der Waals surface area contributed by atoms with Crippen LogP contribution in [-0.4, -0.2) is 71.3 Å². The molecule has 4 atom stereocenters. The van der Waals surface area contributed by atoms with Gasteiger partial charge >= 0.3 is 36.4 Å². The minimum atomic E-state index is -7.70. The van der Waals surface area contributed by atoms with Crippen molar-refractivity contribution in [3.8, 4) is 0 Å². The van der Waals surface area contributed by atoms with Crippen LogP contribution in [0.4, 0.5) is 70.2 Å². The molecule has 2 N–H and O–H groups in total. The van der Waals surface area contributed by atoms with Crippen LogP contribution in [0.2, 0.25) is 0 Å². The third-order valence-corrected chi connectivity index (χ3v) is 2.92. The van der Waals surface area contributed by atoms with Crippen molar-refractivity contribution >= 4 is 0 Å². The molecule has 0 aliphatic carbocycles. The maximum atomic E-state index is 13.6. The van der Waals surface area contributed by atoms with E-state index in [1.165, 1.54) is 0 Å². The Balaban J connectivity index is 5.92.